The number of aromatic nitrogens is 1. The Morgan fingerprint density at radius 1 is 1.28 bits per heavy atom. The Balaban J connectivity index is 2.14. The maximum Gasteiger partial charge on any atom is 0.322 e. The number of ether oxygens (including phenoxy) is 1. The summed E-state index contributed by atoms with van der Waals surface area (Å²) in [5.74, 6) is -0.833. The van der Waals surface area contributed by atoms with Crippen molar-refractivity contribution in [3.8, 4) is 0 Å². The van der Waals surface area contributed by atoms with E-state index in [0.29, 0.717) is 10.7 Å². The number of nitrogens with zero attached hydrogens (tertiary/aromatic N) is 2. The number of pyridine rings is 1. The smallest absolute Gasteiger partial charge is 0.322 e. The Hall–Kier alpha value is -2.60. The fraction of sp³-hybridized carbons (Fsp3) is 0.278. The molecule has 1 aromatic carbocycles. The Morgan fingerprint density at radius 3 is 2.72 bits per heavy atom. The molecule has 6 nitrogen and oxygen atoms in total. The number of benzene rings is 1. The summed E-state index contributed by atoms with van der Waals surface area (Å²) in [6.45, 7) is 2.19. The lowest BCUT2D eigenvalue weighted by Gasteiger charge is -2.25. The second kappa shape index (κ2) is 9.03. The fourth-order valence-electron chi connectivity index (χ4n) is 2.28. The van der Waals surface area contributed by atoms with Crippen LogP contribution in [-0.2, 0) is 16.1 Å². The van der Waals surface area contributed by atoms with Gasteiger partial charge < -0.3 is 15.0 Å². The van der Waals surface area contributed by atoms with E-state index in [1.807, 2.05) is 12.1 Å². The van der Waals surface area contributed by atoms with Crippen LogP contribution in [0.2, 0.25) is 5.02 Å². The van der Waals surface area contributed by atoms with Crippen molar-refractivity contribution in [2.45, 2.75) is 13.5 Å². The number of carbonyl (C=O) groups excluding carboxylic acids is 2. The maximum atomic E-state index is 12.7. The monoisotopic (exact) mass is 361 g/mol. The first-order chi connectivity index (χ1) is 12.0. The van der Waals surface area contributed by atoms with Gasteiger partial charge in [-0.1, -0.05) is 30.7 Å². The van der Waals surface area contributed by atoms with Gasteiger partial charge in [0, 0.05) is 23.5 Å². The van der Waals surface area contributed by atoms with Crippen molar-refractivity contribution < 1.29 is 14.3 Å². The number of urea groups is 1. The van der Waals surface area contributed by atoms with Crippen LogP contribution in [0.5, 0.6) is 0 Å². The van der Waals surface area contributed by atoms with Gasteiger partial charge in [-0.15, -0.1) is 0 Å². The normalized spacial score (nSPS) is 11.5. The minimum atomic E-state index is -0.459. The number of anilines is 1. The highest BCUT2D eigenvalue weighted by molar-refractivity contribution is 6.30. The molecule has 132 valence electrons. The highest BCUT2D eigenvalue weighted by atomic mass is 35.5. The molecule has 1 aromatic heterocycles. The van der Waals surface area contributed by atoms with E-state index in [4.69, 9.17) is 16.3 Å². The minimum Gasteiger partial charge on any atom is -0.469 e. The number of hydrogen-bond acceptors (Lipinski definition) is 4. The third kappa shape index (κ3) is 5.76. The van der Waals surface area contributed by atoms with Crippen molar-refractivity contribution in [2.75, 3.05) is 19.0 Å². The van der Waals surface area contributed by atoms with Crippen LogP contribution in [0.4, 0.5) is 10.5 Å². The Morgan fingerprint density at radius 2 is 2.08 bits per heavy atom. The first-order valence-corrected chi connectivity index (χ1v) is 8.16. The zero-order valence-electron chi connectivity index (χ0n) is 14.1. The Labute approximate surface area is 151 Å². The van der Waals surface area contributed by atoms with Crippen LogP contribution in [0, 0.1) is 5.92 Å². The van der Waals surface area contributed by atoms with Gasteiger partial charge in [-0.2, -0.15) is 0 Å². The van der Waals surface area contributed by atoms with Crippen LogP contribution in [0.1, 0.15) is 12.6 Å². The molecule has 1 heterocycles. The van der Waals surface area contributed by atoms with E-state index in [9.17, 15) is 9.59 Å². The molecule has 1 atom stereocenters. The van der Waals surface area contributed by atoms with E-state index in [0.717, 1.165) is 5.69 Å². The molecule has 1 N–H and O–H groups in total. The quantitative estimate of drug-likeness (QED) is 0.798. The molecular weight excluding hydrogens is 342 g/mol. The fourth-order valence-corrected chi connectivity index (χ4v) is 2.47. The second-order valence-corrected chi connectivity index (χ2v) is 6.00. The van der Waals surface area contributed by atoms with E-state index in [1.165, 1.54) is 12.0 Å². The third-order valence-electron chi connectivity index (χ3n) is 3.54. The number of methoxy groups -OCH3 is 1. The van der Waals surface area contributed by atoms with Crippen molar-refractivity contribution >= 4 is 29.3 Å². The first kappa shape index (κ1) is 18.7. The van der Waals surface area contributed by atoms with Gasteiger partial charge in [0.05, 0.1) is 25.3 Å². The maximum absolute atomic E-state index is 12.7. The molecule has 1 unspecified atom stereocenters. The first-order valence-electron chi connectivity index (χ1n) is 7.79. The van der Waals surface area contributed by atoms with Gasteiger partial charge >= 0.3 is 12.0 Å². The lowest BCUT2D eigenvalue weighted by molar-refractivity contribution is -0.145. The van der Waals surface area contributed by atoms with Crippen LogP contribution < -0.4 is 5.32 Å². The molecule has 0 saturated heterocycles. The van der Waals surface area contributed by atoms with Crippen molar-refractivity contribution in [1.82, 2.24) is 9.88 Å². The average Bonchev–Trinajstić information content (AvgIpc) is 2.61. The summed E-state index contributed by atoms with van der Waals surface area (Å²) in [5, 5.41) is 3.31. The number of halogens is 1. The summed E-state index contributed by atoms with van der Waals surface area (Å²) in [7, 11) is 1.33. The van der Waals surface area contributed by atoms with Crippen LogP contribution in [0.15, 0.2) is 48.7 Å². The summed E-state index contributed by atoms with van der Waals surface area (Å²) in [6, 6.07) is 12.0. The predicted molar refractivity (Wildman–Crippen MR) is 96.3 cm³/mol. The molecule has 2 aromatic rings. The highest BCUT2D eigenvalue weighted by Gasteiger charge is 2.22. The number of hydrogen-bond donors (Lipinski definition) is 1. The van der Waals surface area contributed by atoms with E-state index in [-0.39, 0.29) is 25.1 Å². The topological polar surface area (TPSA) is 71.5 Å². The van der Waals surface area contributed by atoms with Crippen LogP contribution in [-0.4, -0.2) is 35.5 Å². The average molecular weight is 362 g/mol. The molecule has 0 saturated carbocycles. The molecule has 25 heavy (non-hydrogen) atoms. The van der Waals surface area contributed by atoms with Gasteiger partial charge in [-0.05, 0) is 30.3 Å². The van der Waals surface area contributed by atoms with Crippen molar-refractivity contribution in [1.29, 1.82) is 0 Å². The van der Waals surface area contributed by atoms with Gasteiger partial charge in [0.15, 0.2) is 0 Å². The zero-order chi connectivity index (χ0) is 18.2. The van der Waals surface area contributed by atoms with E-state index in [1.54, 1.807) is 43.5 Å². The molecule has 7 heteroatoms. The molecule has 0 fully saturated rings. The minimum absolute atomic E-state index is 0.204. The van der Waals surface area contributed by atoms with Crippen LogP contribution in [0.25, 0.3) is 0 Å². The van der Waals surface area contributed by atoms with Gasteiger partial charge in [0.25, 0.3) is 0 Å². The van der Waals surface area contributed by atoms with E-state index < -0.39 is 5.92 Å². The Kier molecular flexibility index (Phi) is 6.77. The number of amides is 2. The molecule has 0 aliphatic carbocycles. The lowest BCUT2D eigenvalue weighted by Crippen LogP contribution is -2.39. The summed E-state index contributed by atoms with van der Waals surface area (Å²) < 4.78 is 4.75. The number of nitrogens with one attached hydrogen (secondary N) is 1. The van der Waals surface area contributed by atoms with Crippen molar-refractivity contribution in [2.24, 2.45) is 5.92 Å². The summed E-state index contributed by atoms with van der Waals surface area (Å²) in [6.07, 6.45) is 1.66. The van der Waals surface area contributed by atoms with Gasteiger partial charge in [-0.3, -0.25) is 9.78 Å². The number of rotatable bonds is 6. The molecule has 0 aliphatic heterocycles. The van der Waals surface area contributed by atoms with Crippen molar-refractivity contribution in [3.05, 3.63) is 59.4 Å². The number of carbonyl (C=O) groups is 2. The van der Waals surface area contributed by atoms with Crippen LogP contribution in [0.3, 0.4) is 0 Å². The summed E-state index contributed by atoms with van der Waals surface area (Å²) >= 11 is 5.95. The van der Waals surface area contributed by atoms with E-state index in [2.05, 4.69) is 10.3 Å². The molecule has 2 rings (SSSR count). The van der Waals surface area contributed by atoms with Gasteiger partial charge in [-0.25, -0.2) is 4.79 Å². The third-order valence-corrected chi connectivity index (χ3v) is 3.78. The van der Waals surface area contributed by atoms with E-state index >= 15 is 0 Å². The summed E-state index contributed by atoms with van der Waals surface area (Å²) in [5.41, 5.74) is 1.30. The predicted octanol–water partition coefficient (Wildman–Crippen LogP) is 3.58. The molecular formula is C18H20ClN3O3. The molecule has 2 amide bonds. The molecule has 0 aliphatic rings. The SMILES string of the molecule is COC(=O)C(C)CN(Cc1ccccn1)C(=O)Nc1cccc(Cl)c1. The van der Waals surface area contributed by atoms with Crippen molar-refractivity contribution in [3.63, 3.8) is 0 Å². The second-order valence-electron chi connectivity index (χ2n) is 5.57. The van der Waals surface area contributed by atoms with Gasteiger partial charge in [0.1, 0.15) is 0 Å². The summed E-state index contributed by atoms with van der Waals surface area (Å²) in [4.78, 5) is 30.1. The lowest BCUT2D eigenvalue weighted by atomic mass is 10.1. The molecule has 0 spiro atoms. The highest BCUT2D eigenvalue weighted by Crippen LogP contribution is 2.16. The zero-order valence-corrected chi connectivity index (χ0v) is 14.9. The standard InChI is InChI=1S/C18H20ClN3O3/c1-13(17(23)25-2)11-22(12-16-7-3-4-9-20-16)18(24)21-15-8-5-6-14(19)10-15/h3-10,13H,11-12H2,1-2H3,(H,21,24). The van der Waals surface area contributed by atoms with Crippen LogP contribution >= 0.6 is 11.6 Å². The largest absolute Gasteiger partial charge is 0.469 e. The molecule has 0 radical (unpaired) electrons. The molecule has 0 bridgehead atoms. The Bertz CT molecular complexity index is 725. The number of esters is 1. The van der Waals surface area contributed by atoms with Gasteiger partial charge in [0.2, 0.25) is 0 Å².